The molecule has 0 aliphatic carbocycles. The Morgan fingerprint density at radius 3 is 2.67 bits per heavy atom. The topological polar surface area (TPSA) is 127 Å². The first-order chi connectivity index (χ1) is 16.0. The van der Waals surface area contributed by atoms with Crippen molar-refractivity contribution in [3.8, 4) is 11.8 Å². The van der Waals surface area contributed by atoms with Crippen LogP contribution in [0.3, 0.4) is 0 Å². The summed E-state index contributed by atoms with van der Waals surface area (Å²) in [6.07, 6.45) is 9.84. The van der Waals surface area contributed by atoms with Gasteiger partial charge in [-0.05, 0) is 36.8 Å². The Morgan fingerprint density at radius 2 is 1.97 bits per heavy atom. The molecule has 33 heavy (non-hydrogen) atoms. The van der Waals surface area contributed by atoms with Crippen molar-refractivity contribution in [2.24, 2.45) is 0 Å². The lowest BCUT2D eigenvalue weighted by Gasteiger charge is -2.07. The molecule has 0 spiro atoms. The summed E-state index contributed by atoms with van der Waals surface area (Å²) in [5, 5.41) is 32.4. The van der Waals surface area contributed by atoms with Crippen molar-refractivity contribution in [1.29, 1.82) is 5.26 Å². The minimum atomic E-state index is -0.570. The van der Waals surface area contributed by atoms with Crippen molar-refractivity contribution in [2.45, 2.75) is 45.4 Å². The summed E-state index contributed by atoms with van der Waals surface area (Å²) in [6, 6.07) is 11.4. The highest BCUT2D eigenvalue weighted by molar-refractivity contribution is 7.15. The summed E-state index contributed by atoms with van der Waals surface area (Å²) in [6.45, 7) is 2.18. The number of nitriles is 1. The van der Waals surface area contributed by atoms with Gasteiger partial charge < -0.3 is 4.57 Å². The number of aryl methyl sites for hydroxylation is 1. The number of nitrogens with one attached hydrogen (secondary N) is 1. The highest BCUT2D eigenvalue weighted by atomic mass is 32.1. The van der Waals surface area contributed by atoms with Gasteiger partial charge in [0.05, 0.1) is 4.92 Å². The minimum Gasteiger partial charge on any atom is -0.317 e. The van der Waals surface area contributed by atoms with Crippen LogP contribution in [0.15, 0.2) is 48.2 Å². The van der Waals surface area contributed by atoms with Crippen LogP contribution in [0.25, 0.3) is 11.8 Å². The zero-order valence-electron chi connectivity index (χ0n) is 18.2. The molecule has 2 aromatic heterocycles. The van der Waals surface area contributed by atoms with Crippen LogP contribution in [0.1, 0.15) is 49.7 Å². The maximum absolute atomic E-state index is 12.6. The van der Waals surface area contributed by atoms with Crippen molar-refractivity contribution in [2.75, 3.05) is 5.32 Å². The molecule has 0 radical (unpaired) electrons. The predicted octanol–water partition coefficient (Wildman–Crippen LogP) is 5.30. The lowest BCUT2D eigenvalue weighted by molar-refractivity contribution is -0.384. The summed E-state index contributed by atoms with van der Waals surface area (Å²) in [5.74, 6) is -0.570. The highest BCUT2D eigenvalue weighted by Crippen LogP contribution is 2.21. The summed E-state index contributed by atoms with van der Waals surface area (Å²) >= 11 is 1.31. The maximum atomic E-state index is 12.6. The molecule has 3 rings (SSSR count). The van der Waals surface area contributed by atoms with Crippen molar-refractivity contribution in [1.82, 2.24) is 14.8 Å². The molecule has 0 aliphatic heterocycles. The number of nitro groups is 1. The molecule has 2 heterocycles. The van der Waals surface area contributed by atoms with Gasteiger partial charge in [-0.1, -0.05) is 43.9 Å². The van der Waals surface area contributed by atoms with E-state index in [1.807, 2.05) is 6.07 Å². The molecule has 0 bridgehead atoms. The second-order valence-electron chi connectivity index (χ2n) is 7.37. The van der Waals surface area contributed by atoms with Gasteiger partial charge in [-0.3, -0.25) is 20.2 Å². The third-order valence-electron chi connectivity index (χ3n) is 4.96. The van der Waals surface area contributed by atoms with Crippen molar-refractivity contribution in [3.63, 3.8) is 0 Å². The van der Waals surface area contributed by atoms with Gasteiger partial charge in [-0.2, -0.15) is 5.26 Å². The van der Waals surface area contributed by atoms with Gasteiger partial charge in [0.25, 0.3) is 11.6 Å². The highest BCUT2D eigenvalue weighted by Gasteiger charge is 2.14. The molecule has 0 atom stereocenters. The van der Waals surface area contributed by atoms with Crippen LogP contribution < -0.4 is 5.32 Å². The number of aromatic nitrogens is 3. The molecular weight excluding hydrogens is 440 g/mol. The molecule has 0 unspecified atom stereocenters. The number of anilines is 1. The van der Waals surface area contributed by atoms with E-state index < -0.39 is 10.8 Å². The average molecular weight is 465 g/mol. The van der Waals surface area contributed by atoms with Crippen molar-refractivity contribution >= 4 is 34.1 Å². The number of nitro benzene ring substituents is 1. The van der Waals surface area contributed by atoms with E-state index in [0.717, 1.165) is 24.3 Å². The van der Waals surface area contributed by atoms with Crippen LogP contribution in [-0.4, -0.2) is 25.6 Å². The van der Waals surface area contributed by atoms with Gasteiger partial charge >= 0.3 is 0 Å². The first kappa shape index (κ1) is 23.8. The van der Waals surface area contributed by atoms with Crippen LogP contribution in [0, 0.1) is 21.4 Å². The predicted molar refractivity (Wildman–Crippen MR) is 127 cm³/mol. The third kappa shape index (κ3) is 6.57. The van der Waals surface area contributed by atoms with Crippen LogP contribution in [0.4, 0.5) is 10.8 Å². The zero-order chi connectivity index (χ0) is 23.6. The fourth-order valence-corrected chi connectivity index (χ4v) is 4.00. The van der Waals surface area contributed by atoms with E-state index in [1.165, 1.54) is 48.8 Å². The Labute approximate surface area is 195 Å². The number of carbonyl (C=O) groups excluding carboxylic acids is 1. The number of amides is 1. The summed E-state index contributed by atoms with van der Waals surface area (Å²) in [5.41, 5.74) is 1.15. The first-order valence-corrected chi connectivity index (χ1v) is 11.5. The monoisotopic (exact) mass is 464 g/mol. The molecular formula is C23H24N6O3S. The van der Waals surface area contributed by atoms with E-state index in [-0.39, 0.29) is 11.3 Å². The van der Waals surface area contributed by atoms with E-state index in [2.05, 4.69) is 22.4 Å². The molecule has 1 amide bonds. The van der Waals surface area contributed by atoms with Gasteiger partial charge in [0.2, 0.25) is 5.13 Å². The molecule has 10 heteroatoms. The molecule has 170 valence electrons. The van der Waals surface area contributed by atoms with E-state index in [0.29, 0.717) is 16.5 Å². The number of non-ortho nitro benzene ring substituents is 1. The molecule has 3 aromatic rings. The number of hydrogen-bond donors (Lipinski definition) is 1. The average Bonchev–Trinajstić information content (AvgIpc) is 3.46. The van der Waals surface area contributed by atoms with E-state index >= 15 is 0 Å². The van der Waals surface area contributed by atoms with E-state index in [1.54, 1.807) is 35.0 Å². The number of unbranched alkanes of at least 4 members (excludes halogenated alkanes) is 4. The molecule has 1 aromatic carbocycles. The number of hydrogen-bond acceptors (Lipinski definition) is 7. The third-order valence-corrected chi connectivity index (χ3v) is 5.86. The molecule has 0 saturated heterocycles. The first-order valence-electron chi connectivity index (χ1n) is 10.7. The Balaban J connectivity index is 1.67. The van der Waals surface area contributed by atoms with Gasteiger partial charge in [-0.25, -0.2) is 0 Å². The second-order valence-corrected chi connectivity index (χ2v) is 8.43. The number of benzene rings is 1. The fraction of sp³-hybridized carbons (Fsp3) is 0.304. The van der Waals surface area contributed by atoms with Crippen LogP contribution in [0.2, 0.25) is 0 Å². The van der Waals surface area contributed by atoms with E-state index in [9.17, 15) is 20.2 Å². The van der Waals surface area contributed by atoms with Gasteiger partial charge in [-0.15, -0.1) is 10.2 Å². The quantitative estimate of drug-likeness (QED) is 0.135. The Hall–Kier alpha value is -3.84. The second kappa shape index (κ2) is 11.7. The Bertz CT molecular complexity index is 1170. The van der Waals surface area contributed by atoms with Crippen molar-refractivity contribution in [3.05, 3.63) is 69.0 Å². The van der Waals surface area contributed by atoms with Gasteiger partial charge in [0, 0.05) is 36.1 Å². The lowest BCUT2D eigenvalue weighted by Crippen LogP contribution is -2.13. The van der Waals surface area contributed by atoms with Gasteiger partial charge in [0.15, 0.2) is 0 Å². The molecule has 1 N–H and O–H groups in total. The number of nitrogens with zero attached hydrogens (tertiary/aromatic N) is 5. The molecule has 0 fully saturated rings. The van der Waals surface area contributed by atoms with E-state index in [4.69, 9.17) is 0 Å². The standard InChI is InChI=1S/C23H24N6O3S/c1-2-3-4-5-6-9-21-26-27-23(33-21)25-22(30)17(16-24)15-20-8-7-14-28(20)18-10-12-19(13-11-18)29(31)32/h7-8,10-15H,2-6,9H2,1H3,(H,25,27,30)/b17-15-. The van der Waals surface area contributed by atoms with Crippen LogP contribution >= 0.6 is 11.3 Å². The fourth-order valence-electron chi connectivity index (χ4n) is 3.23. The Morgan fingerprint density at radius 1 is 1.21 bits per heavy atom. The lowest BCUT2D eigenvalue weighted by atomic mass is 10.1. The summed E-state index contributed by atoms with van der Waals surface area (Å²) in [4.78, 5) is 23.0. The maximum Gasteiger partial charge on any atom is 0.269 e. The number of rotatable bonds is 11. The Kier molecular flexibility index (Phi) is 8.43. The van der Waals surface area contributed by atoms with Crippen LogP contribution in [-0.2, 0) is 11.2 Å². The number of carbonyl (C=O) groups is 1. The molecule has 0 saturated carbocycles. The SMILES string of the molecule is CCCCCCCc1nnc(NC(=O)/C(C#N)=C\c2cccn2-c2ccc([N+](=O)[O-])cc2)s1. The normalized spacial score (nSPS) is 11.2. The largest absolute Gasteiger partial charge is 0.317 e. The summed E-state index contributed by atoms with van der Waals surface area (Å²) < 4.78 is 1.73. The zero-order valence-corrected chi connectivity index (χ0v) is 19.0. The minimum absolute atomic E-state index is 0.0162. The molecule has 9 nitrogen and oxygen atoms in total. The van der Waals surface area contributed by atoms with Gasteiger partial charge in [0.1, 0.15) is 16.6 Å². The van der Waals surface area contributed by atoms with Crippen molar-refractivity contribution < 1.29 is 9.72 Å². The smallest absolute Gasteiger partial charge is 0.269 e. The molecule has 0 aliphatic rings. The van der Waals surface area contributed by atoms with Crippen LogP contribution in [0.5, 0.6) is 0 Å². The summed E-state index contributed by atoms with van der Waals surface area (Å²) in [7, 11) is 0.